The number of hydrogen-bond donors (Lipinski definition) is 2. The van der Waals surface area contributed by atoms with E-state index in [0.717, 1.165) is 38.2 Å². The molecule has 0 atom stereocenters. The summed E-state index contributed by atoms with van der Waals surface area (Å²) >= 11 is 0. The molecule has 5 nitrogen and oxygen atoms in total. The van der Waals surface area contributed by atoms with Crippen molar-refractivity contribution in [3.05, 3.63) is 102 Å². The van der Waals surface area contributed by atoms with Crippen LogP contribution in [0.2, 0.25) is 0 Å². The van der Waals surface area contributed by atoms with Gasteiger partial charge in [0.2, 0.25) is 0 Å². The topological polar surface area (TPSA) is 73.9 Å². The van der Waals surface area contributed by atoms with E-state index in [1.54, 1.807) is 7.11 Å². The molecule has 5 aromatic rings. The lowest BCUT2D eigenvalue weighted by Crippen LogP contribution is -2.05. The predicted octanol–water partition coefficient (Wildman–Crippen LogP) is 6.30. The van der Waals surface area contributed by atoms with Gasteiger partial charge in [0.25, 0.3) is 0 Å². The molecule has 0 aliphatic carbocycles. The predicted molar refractivity (Wildman–Crippen MR) is 141 cm³/mol. The molecule has 176 valence electrons. The Morgan fingerprint density at radius 1 is 0.743 bits per heavy atom. The van der Waals surface area contributed by atoms with Crippen LogP contribution in [0.4, 0.5) is 5.69 Å². The fraction of sp³-hybridized carbons (Fsp3) is 0.133. The number of rotatable bonds is 8. The molecule has 0 bridgehead atoms. The second-order valence-electron chi connectivity index (χ2n) is 8.36. The maximum absolute atomic E-state index is 10.2. The number of hydrogen-bond acceptors (Lipinski definition) is 5. The minimum atomic E-state index is -0.166. The number of nitrogens with two attached hydrogens (primary N) is 1. The van der Waals surface area contributed by atoms with Gasteiger partial charge >= 0.3 is 0 Å². The van der Waals surface area contributed by atoms with E-state index in [1.807, 2.05) is 66.7 Å². The Kier molecular flexibility index (Phi) is 6.53. The Balaban J connectivity index is 1.78. The second-order valence-corrected chi connectivity index (χ2v) is 8.36. The summed E-state index contributed by atoms with van der Waals surface area (Å²) in [5.74, 6) is 1.30. The van der Waals surface area contributed by atoms with Crippen molar-refractivity contribution in [2.45, 2.75) is 13.2 Å². The fourth-order valence-electron chi connectivity index (χ4n) is 4.51. The number of benzene rings is 5. The van der Waals surface area contributed by atoms with E-state index >= 15 is 0 Å². The summed E-state index contributed by atoms with van der Waals surface area (Å²) in [6, 6.07) is 30.0. The highest BCUT2D eigenvalue weighted by Crippen LogP contribution is 2.47. The van der Waals surface area contributed by atoms with Crippen LogP contribution in [0.1, 0.15) is 11.1 Å². The minimum Gasteiger partial charge on any atom is -0.488 e. The highest BCUT2D eigenvalue weighted by Gasteiger charge is 2.22. The lowest BCUT2D eigenvalue weighted by molar-refractivity contribution is 0.0500. The molecule has 0 aliphatic rings. The van der Waals surface area contributed by atoms with Crippen LogP contribution in [0.25, 0.3) is 32.7 Å². The van der Waals surface area contributed by atoms with Crippen LogP contribution >= 0.6 is 0 Å². The van der Waals surface area contributed by atoms with E-state index in [-0.39, 0.29) is 13.4 Å². The maximum Gasteiger partial charge on any atom is 0.188 e. The van der Waals surface area contributed by atoms with Crippen molar-refractivity contribution in [2.75, 3.05) is 19.6 Å². The van der Waals surface area contributed by atoms with Gasteiger partial charge in [-0.15, -0.1) is 0 Å². The monoisotopic (exact) mass is 465 g/mol. The largest absolute Gasteiger partial charge is 0.488 e. The molecule has 0 spiro atoms. The average Bonchev–Trinajstić information content (AvgIpc) is 2.89. The van der Waals surface area contributed by atoms with Crippen LogP contribution < -0.4 is 15.2 Å². The zero-order chi connectivity index (χ0) is 24.2. The van der Waals surface area contributed by atoms with Gasteiger partial charge < -0.3 is 25.1 Å². The Morgan fingerprint density at radius 2 is 1.49 bits per heavy atom. The Bertz CT molecular complexity index is 1500. The molecule has 0 fully saturated rings. The first-order chi connectivity index (χ1) is 17.2. The zero-order valence-electron chi connectivity index (χ0n) is 19.5. The molecule has 0 heterocycles. The number of aliphatic hydroxyl groups is 1. The van der Waals surface area contributed by atoms with Crippen molar-refractivity contribution in [1.82, 2.24) is 0 Å². The highest BCUT2D eigenvalue weighted by molar-refractivity contribution is 6.10. The molecule has 0 saturated heterocycles. The number of fused-ring (bicyclic) bond motifs is 2. The molecule has 0 unspecified atom stereocenters. The SMILES string of the molecule is COCOc1c(CO)cc2ccccc2c1-c1c(OCc2cccc(N)c2)ccc2ccccc12. The van der Waals surface area contributed by atoms with Crippen molar-refractivity contribution < 1.29 is 19.3 Å². The molecule has 0 aromatic heterocycles. The van der Waals surface area contributed by atoms with Gasteiger partial charge in [0, 0.05) is 29.5 Å². The van der Waals surface area contributed by atoms with Gasteiger partial charge in [-0.05, 0) is 51.4 Å². The zero-order valence-corrected chi connectivity index (χ0v) is 19.5. The normalized spacial score (nSPS) is 11.1. The minimum absolute atomic E-state index is 0.0581. The van der Waals surface area contributed by atoms with Gasteiger partial charge in [0.1, 0.15) is 18.1 Å². The third kappa shape index (κ3) is 4.52. The van der Waals surface area contributed by atoms with Crippen molar-refractivity contribution in [1.29, 1.82) is 0 Å². The summed E-state index contributed by atoms with van der Waals surface area (Å²) in [7, 11) is 1.58. The van der Waals surface area contributed by atoms with E-state index in [4.69, 9.17) is 19.9 Å². The average molecular weight is 466 g/mol. The number of anilines is 1. The van der Waals surface area contributed by atoms with Crippen LogP contribution in [-0.4, -0.2) is 19.0 Å². The van der Waals surface area contributed by atoms with E-state index in [0.29, 0.717) is 29.4 Å². The van der Waals surface area contributed by atoms with Gasteiger partial charge in [-0.1, -0.05) is 66.7 Å². The van der Waals surface area contributed by atoms with Gasteiger partial charge in [-0.3, -0.25) is 0 Å². The Labute approximate surface area is 204 Å². The molecule has 0 saturated carbocycles. The van der Waals surface area contributed by atoms with Crippen LogP contribution in [0.15, 0.2) is 91.0 Å². The first kappa shape index (κ1) is 22.7. The quantitative estimate of drug-likeness (QED) is 0.208. The molecular formula is C30H27NO4. The van der Waals surface area contributed by atoms with Gasteiger partial charge in [0.15, 0.2) is 6.79 Å². The molecule has 35 heavy (non-hydrogen) atoms. The molecule has 5 heteroatoms. The summed E-state index contributed by atoms with van der Waals surface area (Å²) in [5, 5.41) is 14.4. The van der Waals surface area contributed by atoms with Crippen LogP contribution in [0.5, 0.6) is 11.5 Å². The third-order valence-electron chi connectivity index (χ3n) is 6.06. The molecular weight excluding hydrogens is 438 g/mol. The summed E-state index contributed by atoms with van der Waals surface area (Å²) in [5.41, 5.74) is 10.1. The van der Waals surface area contributed by atoms with Crippen LogP contribution in [0, 0.1) is 0 Å². The number of ether oxygens (including phenoxy) is 3. The van der Waals surface area contributed by atoms with E-state index in [9.17, 15) is 5.11 Å². The van der Waals surface area contributed by atoms with Gasteiger partial charge in [0.05, 0.1) is 6.61 Å². The molecule has 0 amide bonds. The molecule has 5 rings (SSSR count). The first-order valence-corrected chi connectivity index (χ1v) is 11.5. The highest BCUT2D eigenvalue weighted by atomic mass is 16.7. The Morgan fingerprint density at radius 3 is 2.23 bits per heavy atom. The number of nitrogen functional groups attached to an aromatic ring is 1. The summed E-state index contributed by atoms with van der Waals surface area (Å²) in [6.07, 6.45) is 0. The van der Waals surface area contributed by atoms with Gasteiger partial charge in [-0.25, -0.2) is 0 Å². The second kappa shape index (κ2) is 10.1. The standard InChI is InChI=1S/C30H27NO4/c1-33-19-35-30-23(17-32)16-22-9-3-5-12-26(22)29(30)28-25-11-4-2-8-21(25)13-14-27(28)34-18-20-7-6-10-24(31)15-20/h2-16,32H,17-19,31H2,1H3. The third-order valence-corrected chi connectivity index (χ3v) is 6.06. The number of aliphatic hydroxyl groups excluding tert-OH is 1. The molecule has 0 aliphatic heterocycles. The lowest BCUT2D eigenvalue weighted by atomic mass is 9.90. The van der Waals surface area contributed by atoms with E-state index in [2.05, 4.69) is 24.3 Å². The van der Waals surface area contributed by atoms with Crippen LogP contribution in [-0.2, 0) is 18.0 Å². The van der Waals surface area contributed by atoms with Crippen molar-refractivity contribution in [3.8, 4) is 22.6 Å². The fourth-order valence-corrected chi connectivity index (χ4v) is 4.51. The first-order valence-electron chi connectivity index (χ1n) is 11.5. The van der Waals surface area contributed by atoms with Crippen molar-refractivity contribution in [3.63, 3.8) is 0 Å². The summed E-state index contributed by atoms with van der Waals surface area (Å²) in [6.45, 7) is 0.256. The van der Waals surface area contributed by atoms with E-state index in [1.165, 1.54) is 0 Å². The Hall–Kier alpha value is -4.06. The molecule has 3 N–H and O–H groups in total. The summed E-state index contributed by atoms with van der Waals surface area (Å²) in [4.78, 5) is 0. The summed E-state index contributed by atoms with van der Waals surface area (Å²) < 4.78 is 17.8. The van der Waals surface area contributed by atoms with E-state index < -0.39 is 0 Å². The maximum atomic E-state index is 10.2. The lowest BCUT2D eigenvalue weighted by Gasteiger charge is -2.21. The smallest absolute Gasteiger partial charge is 0.188 e. The number of methoxy groups -OCH3 is 1. The van der Waals surface area contributed by atoms with Crippen LogP contribution in [0.3, 0.4) is 0 Å². The molecule has 0 radical (unpaired) electrons. The van der Waals surface area contributed by atoms with Crippen molar-refractivity contribution in [2.24, 2.45) is 0 Å². The molecule has 5 aromatic carbocycles. The van der Waals surface area contributed by atoms with Gasteiger partial charge in [-0.2, -0.15) is 0 Å². The van der Waals surface area contributed by atoms with Crippen molar-refractivity contribution >= 4 is 27.2 Å².